The maximum atomic E-state index is 11.6. The van der Waals surface area contributed by atoms with Gasteiger partial charge in [-0.3, -0.25) is 0 Å². The average molecular weight is 504 g/mol. The van der Waals surface area contributed by atoms with Crippen LogP contribution >= 0.6 is 30.2 Å². The second-order valence-corrected chi connectivity index (χ2v) is 14.5. The van der Waals surface area contributed by atoms with Gasteiger partial charge in [0.25, 0.3) is 0 Å². The summed E-state index contributed by atoms with van der Waals surface area (Å²) in [5.74, 6) is 0.0671. The molecule has 2 saturated heterocycles. The molecule has 0 aromatic rings. The fourth-order valence-electron chi connectivity index (χ4n) is 2.70. The Kier molecular flexibility index (Phi) is 14.6. The molecule has 4 nitrogen and oxygen atoms in total. The van der Waals surface area contributed by atoms with Gasteiger partial charge in [0.05, 0.1) is 12.2 Å². The van der Waals surface area contributed by atoms with Gasteiger partial charge in [0.15, 0.2) is 0 Å². The Labute approximate surface area is 178 Å². The largest absolute Gasteiger partial charge is 1.00 e. The first kappa shape index (κ1) is 28.1. The SMILES string of the molecule is CCC1CCC(P(C)(C)=O)O1.CP(C)(=O)C1CCC(CBr)O1.[Br-].[Li+]. The van der Waals surface area contributed by atoms with Gasteiger partial charge in [-0.15, -0.1) is 0 Å². The maximum Gasteiger partial charge on any atom is 1.00 e. The van der Waals surface area contributed by atoms with Crippen LogP contribution in [0.1, 0.15) is 39.0 Å². The van der Waals surface area contributed by atoms with Gasteiger partial charge in [0, 0.05) is 5.33 Å². The molecule has 2 fully saturated rings. The molecule has 140 valence electrons. The predicted molar refractivity (Wildman–Crippen MR) is 98.8 cm³/mol. The van der Waals surface area contributed by atoms with Crippen LogP contribution in [0.2, 0.25) is 0 Å². The van der Waals surface area contributed by atoms with Gasteiger partial charge < -0.3 is 35.6 Å². The van der Waals surface area contributed by atoms with E-state index in [1.807, 2.05) is 13.3 Å². The third-order valence-electron chi connectivity index (χ3n) is 4.18. The van der Waals surface area contributed by atoms with Crippen molar-refractivity contribution in [3.05, 3.63) is 0 Å². The van der Waals surface area contributed by atoms with E-state index in [1.165, 1.54) is 0 Å². The van der Waals surface area contributed by atoms with Gasteiger partial charge in [-0.1, -0.05) is 22.9 Å². The molecule has 2 heterocycles. The Balaban J connectivity index is 0. The second kappa shape index (κ2) is 12.4. The van der Waals surface area contributed by atoms with E-state index < -0.39 is 14.3 Å². The van der Waals surface area contributed by atoms with Crippen LogP contribution in [-0.4, -0.2) is 55.9 Å². The van der Waals surface area contributed by atoms with E-state index in [2.05, 4.69) is 22.9 Å². The number of rotatable bonds is 4. The topological polar surface area (TPSA) is 52.6 Å². The summed E-state index contributed by atoms with van der Waals surface area (Å²) in [6.45, 7) is 9.34. The molecule has 0 bridgehead atoms. The van der Waals surface area contributed by atoms with Gasteiger partial charge in [-0.2, -0.15) is 0 Å². The van der Waals surface area contributed by atoms with E-state index in [4.69, 9.17) is 9.47 Å². The summed E-state index contributed by atoms with van der Waals surface area (Å²) in [6, 6.07) is 0. The van der Waals surface area contributed by atoms with Crippen molar-refractivity contribution in [2.24, 2.45) is 0 Å². The monoisotopic (exact) mass is 502 g/mol. The minimum Gasteiger partial charge on any atom is -1.00 e. The zero-order valence-electron chi connectivity index (χ0n) is 15.8. The van der Waals surface area contributed by atoms with Crippen molar-refractivity contribution in [2.75, 3.05) is 32.0 Å². The second-order valence-electron chi connectivity index (χ2n) is 7.01. The van der Waals surface area contributed by atoms with Crippen molar-refractivity contribution in [3.63, 3.8) is 0 Å². The van der Waals surface area contributed by atoms with E-state index in [0.717, 1.165) is 37.4 Å². The van der Waals surface area contributed by atoms with Crippen LogP contribution in [0.4, 0.5) is 0 Å². The smallest absolute Gasteiger partial charge is 1.00 e. The van der Waals surface area contributed by atoms with Crippen LogP contribution in [-0.2, 0) is 18.6 Å². The zero-order valence-corrected chi connectivity index (χ0v) is 20.8. The van der Waals surface area contributed by atoms with Crippen LogP contribution < -0.4 is 35.8 Å². The van der Waals surface area contributed by atoms with Crippen LogP contribution in [0.25, 0.3) is 0 Å². The standard InChI is InChI=1S/C8H17O2P.C7H14BrO2P.BrH.Li/c1-4-7-5-6-8(10-7)11(2,3)9;1-11(2,9)7-4-3-6(5-8)10-7;;/h7-8H,4-6H2,1-3H3;6-7H,3-5H2,1-2H3;1H;/q;;;+1/p-1. The molecule has 0 saturated carbocycles. The zero-order chi connectivity index (χ0) is 17.0. The molecule has 2 aliphatic rings. The molecular formula is C15H31Br2LiO4P2. The van der Waals surface area contributed by atoms with Crippen molar-refractivity contribution >= 4 is 30.2 Å². The summed E-state index contributed by atoms with van der Waals surface area (Å²) in [7, 11) is -3.99. The van der Waals surface area contributed by atoms with E-state index >= 15 is 0 Å². The molecule has 2 rings (SSSR count). The molecule has 0 aliphatic carbocycles. The molecule has 4 atom stereocenters. The molecule has 0 aromatic heterocycles. The molecule has 0 radical (unpaired) electrons. The third-order valence-corrected chi connectivity index (χ3v) is 8.44. The van der Waals surface area contributed by atoms with E-state index in [9.17, 15) is 9.13 Å². The molecule has 0 N–H and O–H groups in total. The summed E-state index contributed by atoms with van der Waals surface area (Å²) in [5.41, 5.74) is 0. The maximum absolute atomic E-state index is 11.6. The summed E-state index contributed by atoms with van der Waals surface area (Å²) >= 11 is 3.36. The van der Waals surface area contributed by atoms with Gasteiger partial charge in [0.2, 0.25) is 0 Å². The van der Waals surface area contributed by atoms with Crippen molar-refractivity contribution in [1.82, 2.24) is 0 Å². The molecule has 0 spiro atoms. The first-order valence-corrected chi connectivity index (χ1v) is 14.5. The minimum absolute atomic E-state index is 0. The van der Waals surface area contributed by atoms with Crippen LogP contribution in [0, 0.1) is 0 Å². The molecule has 0 aromatic carbocycles. The molecular weight excluding hydrogens is 473 g/mol. The summed E-state index contributed by atoms with van der Waals surface area (Å²) < 4.78 is 34.3. The van der Waals surface area contributed by atoms with E-state index in [-0.39, 0.29) is 53.6 Å². The average Bonchev–Trinajstić information content (AvgIpc) is 3.07. The summed E-state index contributed by atoms with van der Waals surface area (Å²) in [5, 5.41) is 0.865. The van der Waals surface area contributed by atoms with Crippen molar-refractivity contribution < 1.29 is 54.4 Å². The van der Waals surface area contributed by atoms with E-state index in [1.54, 1.807) is 13.3 Å². The summed E-state index contributed by atoms with van der Waals surface area (Å²) in [6.07, 6.45) is 5.79. The van der Waals surface area contributed by atoms with Crippen LogP contribution in [0.15, 0.2) is 0 Å². The summed E-state index contributed by atoms with van der Waals surface area (Å²) in [4.78, 5) is 0. The molecule has 2 aliphatic heterocycles. The number of halogens is 2. The Morgan fingerprint density at radius 1 is 0.875 bits per heavy atom. The van der Waals surface area contributed by atoms with Crippen molar-refractivity contribution in [1.29, 1.82) is 0 Å². The van der Waals surface area contributed by atoms with Crippen LogP contribution in [0.3, 0.4) is 0 Å². The number of hydrogen-bond donors (Lipinski definition) is 0. The Bertz CT molecular complexity index is 401. The third kappa shape index (κ3) is 9.75. The Hall–Kier alpha value is 1.94. The number of alkyl halides is 1. The number of hydrogen-bond acceptors (Lipinski definition) is 4. The molecule has 4 unspecified atom stereocenters. The van der Waals surface area contributed by atoms with Gasteiger partial charge in [-0.05, 0) is 58.8 Å². The molecule has 24 heavy (non-hydrogen) atoms. The fraction of sp³-hybridized carbons (Fsp3) is 1.00. The van der Waals surface area contributed by atoms with Gasteiger partial charge in [-0.25, -0.2) is 0 Å². The normalized spacial score (nSPS) is 29.9. The quantitative estimate of drug-likeness (QED) is 0.282. The van der Waals surface area contributed by atoms with Crippen molar-refractivity contribution in [3.8, 4) is 0 Å². The number of ether oxygens (including phenoxy) is 2. The predicted octanol–water partition coefficient (Wildman–Crippen LogP) is -0.959. The van der Waals surface area contributed by atoms with Gasteiger partial charge >= 0.3 is 18.9 Å². The van der Waals surface area contributed by atoms with Gasteiger partial charge in [0.1, 0.15) is 26.0 Å². The fourth-order valence-corrected chi connectivity index (χ4v) is 5.65. The minimum atomic E-state index is -2.01. The van der Waals surface area contributed by atoms with Crippen LogP contribution in [0.5, 0.6) is 0 Å². The Morgan fingerprint density at radius 3 is 1.46 bits per heavy atom. The first-order valence-electron chi connectivity index (χ1n) is 8.04. The van der Waals surface area contributed by atoms with Crippen molar-refractivity contribution in [2.45, 2.75) is 62.9 Å². The first-order chi connectivity index (χ1) is 10.1. The molecule has 0 amide bonds. The Morgan fingerprint density at radius 2 is 1.25 bits per heavy atom. The van der Waals surface area contributed by atoms with E-state index in [0.29, 0.717) is 6.10 Å². The molecule has 9 heteroatoms.